The van der Waals surface area contributed by atoms with E-state index < -0.39 is 0 Å². The summed E-state index contributed by atoms with van der Waals surface area (Å²) >= 11 is 0. The second-order valence-electron chi connectivity index (χ2n) is 9.94. The zero-order valence-corrected chi connectivity index (χ0v) is 19.1. The van der Waals surface area contributed by atoms with Gasteiger partial charge in [-0.25, -0.2) is 0 Å². The molecule has 0 aromatic rings. The third kappa shape index (κ3) is 5.26. The summed E-state index contributed by atoms with van der Waals surface area (Å²) in [6.45, 7) is 0. The molecule has 0 unspecified atom stereocenters. The highest BCUT2D eigenvalue weighted by Gasteiger charge is 2.34. The maximum absolute atomic E-state index is 1.67. The average Bonchev–Trinajstić information content (AvgIpc) is 3.46. The Morgan fingerprint density at radius 1 is 0.385 bits per heavy atom. The monoisotopic (exact) mass is 394 g/mol. The Hall–Kier alpha value is 0.860. The molecule has 4 rings (SSSR count). The lowest BCUT2D eigenvalue weighted by molar-refractivity contribution is 0.789. The van der Waals surface area contributed by atoms with Crippen LogP contribution in [0.5, 0.6) is 0 Å². The zero-order chi connectivity index (χ0) is 17.6. The van der Waals surface area contributed by atoms with Crippen LogP contribution in [0.1, 0.15) is 116 Å². The van der Waals surface area contributed by atoms with Crippen LogP contribution in [-0.2, 0) is 0 Å². The zero-order valence-electron chi connectivity index (χ0n) is 17.3. The van der Waals surface area contributed by atoms with Crippen LogP contribution >= 0.6 is 15.8 Å². The standard InChI is InChI=1S/C24H44P2/c1-2-12-21(11-1)25(22-13-3-4-14-22)19-9-10-20-26(23-15-5-6-16-23)24-17-7-8-18-24/h21-24H,1-20H2. The van der Waals surface area contributed by atoms with Crippen molar-refractivity contribution in [2.45, 2.75) is 138 Å². The Bertz CT molecular complexity index is 315. The fourth-order valence-corrected chi connectivity index (χ4v) is 14.8. The van der Waals surface area contributed by atoms with E-state index in [2.05, 4.69) is 0 Å². The van der Waals surface area contributed by atoms with Crippen molar-refractivity contribution in [3.05, 3.63) is 0 Å². The normalized spacial score (nSPS) is 27.0. The Kier molecular flexibility index (Phi) is 8.20. The predicted octanol–water partition coefficient (Wildman–Crippen LogP) is 8.50. The van der Waals surface area contributed by atoms with Crippen molar-refractivity contribution in [3.63, 3.8) is 0 Å². The van der Waals surface area contributed by atoms with Crippen LogP contribution in [0, 0.1) is 0 Å². The fourth-order valence-electron chi connectivity index (χ4n) is 6.86. The summed E-state index contributed by atoms with van der Waals surface area (Å²) in [6.07, 6.45) is 31.9. The van der Waals surface area contributed by atoms with Gasteiger partial charge in [0.1, 0.15) is 0 Å². The lowest BCUT2D eigenvalue weighted by Gasteiger charge is -2.32. The molecule has 0 aromatic carbocycles. The lowest BCUT2D eigenvalue weighted by atomic mass is 10.3. The largest absolute Gasteiger partial charge is 0.100 e. The molecule has 2 heteroatoms. The summed E-state index contributed by atoms with van der Waals surface area (Å²) in [4.78, 5) is 0. The Labute approximate surface area is 166 Å². The Balaban J connectivity index is 1.25. The molecule has 0 aliphatic heterocycles. The molecule has 4 aliphatic carbocycles. The van der Waals surface area contributed by atoms with E-state index in [1.54, 1.807) is 128 Å². The smallest absolute Gasteiger partial charge is 0.0207 e. The average molecular weight is 395 g/mol. The second-order valence-corrected chi connectivity index (χ2v) is 15.8. The molecule has 0 spiro atoms. The first-order chi connectivity index (χ1) is 12.9. The van der Waals surface area contributed by atoms with Crippen LogP contribution in [0.2, 0.25) is 0 Å². The first kappa shape index (κ1) is 20.1. The third-order valence-corrected chi connectivity index (χ3v) is 15.7. The van der Waals surface area contributed by atoms with E-state index in [4.69, 9.17) is 0 Å². The number of hydrogen-bond donors (Lipinski definition) is 0. The van der Waals surface area contributed by atoms with Crippen LogP contribution in [0.4, 0.5) is 0 Å². The van der Waals surface area contributed by atoms with E-state index >= 15 is 0 Å². The third-order valence-electron chi connectivity index (χ3n) is 8.26. The SMILES string of the molecule is C1CCC(P(CCCCP(C2CCCC2)C2CCCC2)C2CCCC2)C1. The van der Waals surface area contributed by atoms with Crippen LogP contribution < -0.4 is 0 Å². The number of hydrogen-bond acceptors (Lipinski definition) is 0. The first-order valence-corrected chi connectivity index (χ1v) is 15.8. The van der Waals surface area contributed by atoms with E-state index in [1.807, 2.05) is 0 Å². The summed E-state index contributed by atoms with van der Waals surface area (Å²) in [6, 6.07) is 0. The van der Waals surface area contributed by atoms with E-state index in [0.717, 1.165) is 0 Å². The van der Waals surface area contributed by atoms with Crippen LogP contribution in [0.3, 0.4) is 0 Å². The van der Waals surface area contributed by atoms with Gasteiger partial charge in [-0.15, -0.1) is 15.8 Å². The topological polar surface area (TPSA) is 0 Å². The molecule has 0 N–H and O–H groups in total. The summed E-state index contributed by atoms with van der Waals surface area (Å²) in [5.74, 6) is 0. The fraction of sp³-hybridized carbons (Fsp3) is 1.00. The van der Waals surface area contributed by atoms with Gasteiger partial charge in [-0.05, 0) is 99.2 Å². The quantitative estimate of drug-likeness (QED) is 0.271. The minimum atomic E-state index is 0.393. The van der Waals surface area contributed by atoms with Gasteiger partial charge in [0, 0.05) is 0 Å². The van der Waals surface area contributed by atoms with Crippen molar-refractivity contribution in [1.29, 1.82) is 0 Å². The van der Waals surface area contributed by atoms with Crippen molar-refractivity contribution in [2.24, 2.45) is 0 Å². The first-order valence-electron chi connectivity index (χ1n) is 12.4. The molecule has 4 aliphatic rings. The molecular formula is C24H44P2. The second kappa shape index (κ2) is 10.6. The van der Waals surface area contributed by atoms with E-state index in [1.165, 1.54) is 22.6 Å². The van der Waals surface area contributed by atoms with Gasteiger partial charge in [-0.3, -0.25) is 0 Å². The highest BCUT2D eigenvalue weighted by Crippen LogP contribution is 2.59. The van der Waals surface area contributed by atoms with Crippen LogP contribution in [0.15, 0.2) is 0 Å². The molecule has 150 valence electrons. The molecule has 0 amide bonds. The molecule has 26 heavy (non-hydrogen) atoms. The van der Waals surface area contributed by atoms with Crippen molar-refractivity contribution in [3.8, 4) is 0 Å². The molecule has 4 fully saturated rings. The maximum atomic E-state index is 1.67. The van der Waals surface area contributed by atoms with E-state index in [-0.39, 0.29) is 0 Å². The minimum Gasteiger partial charge on any atom is -0.100 e. The molecule has 0 radical (unpaired) electrons. The van der Waals surface area contributed by atoms with Crippen LogP contribution in [0.25, 0.3) is 0 Å². The van der Waals surface area contributed by atoms with Gasteiger partial charge in [0.15, 0.2) is 0 Å². The molecule has 0 aromatic heterocycles. The molecule has 0 bridgehead atoms. The van der Waals surface area contributed by atoms with Gasteiger partial charge in [-0.1, -0.05) is 51.4 Å². The van der Waals surface area contributed by atoms with Crippen molar-refractivity contribution in [2.75, 3.05) is 12.3 Å². The van der Waals surface area contributed by atoms with Gasteiger partial charge in [-0.2, -0.15) is 0 Å². The van der Waals surface area contributed by atoms with Crippen molar-refractivity contribution >= 4 is 15.8 Å². The summed E-state index contributed by atoms with van der Waals surface area (Å²) in [7, 11) is 0.786. The summed E-state index contributed by atoms with van der Waals surface area (Å²) in [5, 5.41) is 0. The molecule has 0 nitrogen and oxygen atoms in total. The maximum Gasteiger partial charge on any atom is -0.0207 e. The Morgan fingerprint density at radius 2 is 0.615 bits per heavy atom. The van der Waals surface area contributed by atoms with Gasteiger partial charge < -0.3 is 0 Å². The highest BCUT2D eigenvalue weighted by molar-refractivity contribution is 7.59. The highest BCUT2D eigenvalue weighted by atomic mass is 31.1. The molecule has 0 heterocycles. The van der Waals surface area contributed by atoms with Gasteiger partial charge in [0.2, 0.25) is 0 Å². The molecule has 0 atom stereocenters. The van der Waals surface area contributed by atoms with Gasteiger partial charge in [0.05, 0.1) is 0 Å². The van der Waals surface area contributed by atoms with Gasteiger partial charge in [0.25, 0.3) is 0 Å². The van der Waals surface area contributed by atoms with Crippen molar-refractivity contribution < 1.29 is 0 Å². The minimum absolute atomic E-state index is 0.393. The predicted molar refractivity (Wildman–Crippen MR) is 122 cm³/mol. The molecule has 0 saturated heterocycles. The number of unbranched alkanes of at least 4 members (excludes halogenated alkanes) is 1. The molecule has 4 saturated carbocycles. The summed E-state index contributed by atoms with van der Waals surface area (Å²) in [5.41, 5.74) is 4.78. The molecular weight excluding hydrogens is 350 g/mol. The van der Waals surface area contributed by atoms with E-state index in [9.17, 15) is 0 Å². The number of rotatable bonds is 9. The lowest BCUT2D eigenvalue weighted by Crippen LogP contribution is -2.14. The summed E-state index contributed by atoms with van der Waals surface area (Å²) < 4.78 is 0. The van der Waals surface area contributed by atoms with Gasteiger partial charge >= 0.3 is 0 Å². The Morgan fingerprint density at radius 3 is 0.846 bits per heavy atom. The van der Waals surface area contributed by atoms with Crippen LogP contribution in [-0.4, -0.2) is 35.0 Å². The van der Waals surface area contributed by atoms with E-state index in [0.29, 0.717) is 15.8 Å². The van der Waals surface area contributed by atoms with Crippen molar-refractivity contribution in [1.82, 2.24) is 0 Å².